The van der Waals surface area contributed by atoms with Crippen LogP contribution in [0.15, 0.2) is 52.1 Å². The zero-order valence-corrected chi connectivity index (χ0v) is 23.2. The molecule has 39 heavy (non-hydrogen) atoms. The Balaban J connectivity index is 1.38. The van der Waals surface area contributed by atoms with Gasteiger partial charge in [-0.2, -0.15) is 0 Å². The summed E-state index contributed by atoms with van der Waals surface area (Å²) in [6.45, 7) is 12.1. The maximum absolute atomic E-state index is 14.8. The van der Waals surface area contributed by atoms with Crippen LogP contribution in [0.4, 0.5) is 0 Å². The molecule has 4 aliphatic carbocycles. The lowest BCUT2D eigenvalue weighted by Gasteiger charge is -2.52. The highest BCUT2D eigenvalue weighted by Crippen LogP contribution is 2.72. The Morgan fingerprint density at radius 2 is 1.92 bits per heavy atom. The van der Waals surface area contributed by atoms with Gasteiger partial charge >= 0.3 is 5.97 Å². The molecule has 2 saturated carbocycles. The Bertz CT molecular complexity index is 1480. The molecule has 1 saturated heterocycles. The number of ether oxygens (including phenoxy) is 3. The SMILES string of the molecule is CC1=CC23C(=O)[C@@H](C=C4COC(C)(C)O[C@H]4[C@]2(O)[C@H]1OC(=O)c1noc2ccccc12)[C@H]1[C@@H](CC3C)C1(C)C. The van der Waals surface area contributed by atoms with Gasteiger partial charge in [-0.05, 0) is 73.6 Å². The van der Waals surface area contributed by atoms with Crippen molar-refractivity contribution in [2.75, 3.05) is 6.61 Å². The average molecular weight is 534 g/mol. The molecular weight excluding hydrogens is 498 g/mol. The number of aliphatic hydroxyl groups is 1. The van der Waals surface area contributed by atoms with Crippen LogP contribution in [0.1, 0.15) is 58.5 Å². The van der Waals surface area contributed by atoms with E-state index >= 15 is 0 Å². The molecule has 8 atom stereocenters. The molecule has 1 aromatic carbocycles. The number of benzene rings is 1. The molecule has 2 bridgehead atoms. The lowest BCUT2D eigenvalue weighted by molar-refractivity contribution is -0.302. The molecule has 206 valence electrons. The van der Waals surface area contributed by atoms with E-state index in [-0.39, 0.29) is 41.3 Å². The van der Waals surface area contributed by atoms with Crippen LogP contribution in [0.5, 0.6) is 0 Å². The van der Waals surface area contributed by atoms with E-state index in [9.17, 15) is 14.7 Å². The highest BCUT2D eigenvalue weighted by molar-refractivity contribution is 6.01. The summed E-state index contributed by atoms with van der Waals surface area (Å²) >= 11 is 0. The Hall–Kier alpha value is -2.81. The number of esters is 1. The van der Waals surface area contributed by atoms with Crippen molar-refractivity contribution in [3.05, 3.63) is 53.3 Å². The molecule has 3 fully saturated rings. The molecule has 7 rings (SSSR count). The highest BCUT2D eigenvalue weighted by Gasteiger charge is 2.77. The van der Waals surface area contributed by atoms with Gasteiger partial charge in [0.1, 0.15) is 6.10 Å². The number of allylic oxidation sites excluding steroid dienone is 1. The van der Waals surface area contributed by atoms with Crippen LogP contribution in [0.25, 0.3) is 11.0 Å². The first-order valence-electron chi connectivity index (χ1n) is 13.9. The second-order valence-corrected chi connectivity index (χ2v) is 13.3. The molecule has 2 unspecified atom stereocenters. The molecule has 2 aromatic rings. The lowest BCUT2D eigenvalue weighted by Crippen LogP contribution is -2.68. The third-order valence-corrected chi connectivity index (χ3v) is 10.5. The number of nitrogens with zero attached hydrogens (tertiary/aromatic N) is 1. The first-order valence-corrected chi connectivity index (χ1v) is 13.9. The van der Waals surface area contributed by atoms with Gasteiger partial charge in [-0.1, -0.05) is 50.2 Å². The van der Waals surface area contributed by atoms with Crippen molar-refractivity contribution in [2.45, 2.75) is 71.6 Å². The number of Topliss-reactive ketones (excluding diaryl/α,β-unsaturated/α-hetero) is 1. The molecule has 1 aromatic heterocycles. The summed E-state index contributed by atoms with van der Waals surface area (Å²) < 4.78 is 24.0. The molecule has 8 heteroatoms. The number of rotatable bonds is 2. The minimum atomic E-state index is -1.87. The van der Waals surface area contributed by atoms with Crippen molar-refractivity contribution in [1.82, 2.24) is 5.16 Å². The molecular formula is C31H35NO7. The minimum absolute atomic E-state index is 0.0244. The van der Waals surface area contributed by atoms with Gasteiger partial charge < -0.3 is 23.8 Å². The largest absolute Gasteiger partial charge is 0.450 e. The highest BCUT2D eigenvalue weighted by atomic mass is 16.7. The van der Waals surface area contributed by atoms with Gasteiger partial charge in [0.05, 0.1) is 17.4 Å². The molecule has 1 N–H and O–H groups in total. The first kappa shape index (κ1) is 25.2. The van der Waals surface area contributed by atoms with E-state index in [0.717, 1.165) is 12.0 Å². The lowest BCUT2D eigenvalue weighted by atomic mass is 9.59. The van der Waals surface area contributed by atoms with Crippen molar-refractivity contribution in [3.63, 3.8) is 0 Å². The van der Waals surface area contributed by atoms with Crippen LogP contribution in [-0.4, -0.2) is 52.2 Å². The minimum Gasteiger partial charge on any atom is -0.450 e. The fourth-order valence-electron chi connectivity index (χ4n) is 8.50. The maximum Gasteiger partial charge on any atom is 0.361 e. The van der Waals surface area contributed by atoms with Gasteiger partial charge in [0.2, 0.25) is 0 Å². The second kappa shape index (κ2) is 7.68. The van der Waals surface area contributed by atoms with E-state index in [1.165, 1.54) is 0 Å². The van der Waals surface area contributed by atoms with Crippen LogP contribution >= 0.6 is 0 Å². The summed E-state index contributed by atoms with van der Waals surface area (Å²) in [7, 11) is 0. The van der Waals surface area contributed by atoms with E-state index in [1.807, 2.05) is 26.0 Å². The van der Waals surface area contributed by atoms with Crippen LogP contribution in [0, 0.1) is 34.5 Å². The number of aromatic nitrogens is 1. The van der Waals surface area contributed by atoms with Crippen LogP contribution in [0.3, 0.4) is 0 Å². The fourth-order valence-corrected chi connectivity index (χ4v) is 8.50. The van der Waals surface area contributed by atoms with E-state index in [4.69, 9.17) is 18.7 Å². The number of ketones is 1. The van der Waals surface area contributed by atoms with Crippen molar-refractivity contribution >= 4 is 22.7 Å². The van der Waals surface area contributed by atoms with Gasteiger partial charge in [-0.15, -0.1) is 0 Å². The Morgan fingerprint density at radius 1 is 1.18 bits per heavy atom. The topological polar surface area (TPSA) is 108 Å². The van der Waals surface area contributed by atoms with Gasteiger partial charge in [0.25, 0.3) is 0 Å². The van der Waals surface area contributed by atoms with E-state index in [2.05, 4.69) is 19.0 Å². The molecule has 5 aliphatic rings. The van der Waals surface area contributed by atoms with Gasteiger partial charge in [-0.25, -0.2) is 4.79 Å². The summed E-state index contributed by atoms with van der Waals surface area (Å²) in [5.74, 6) is -1.81. The Kier molecular flexibility index (Phi) is 4.96. The summed E-state index contributed by atoms with van der Waals surface area (Å²) in [6, 6.07) is 7.05. The number of carbonyl (C=O) groups is 2. The third kappa shape index (κ3) is 3.08. The number of fused-ring (bicyclic) bond motifs is 6. The van der Waals surface area contributed by atoms with Crippen LogP contribution < -0.4 is 0 Å². The molecule has 0 radical (unpaired) electrons. The zero-order chi connectivity index (χ0) is 27.7. The fraction of sp³-hybridized carbons (Fsp3) is 0.581. The summed E-state index contributed by atoms with van der Waals surface area (Å²) in [6.07, 6.45) is 2.63. The molecule has 0 amide bonds. The van der Waals surface area contributed by atoms with E-state index in [0.29, 0.717) is 22.5 Å². The van der Waals surface area contributed by atoms with Gasteiger partial charge in [0, 0.05) is 5.92 Å². The summed E-state index contributed by atoms with van der Waals surface area (Å²) in [5.41, 5.74) is -1.29. The van der Waals surface area contributed by atoms with Crippen LogP contribution in [0.2, 0.25) is 0 Å². The predicted molar refractivity (Wildman–Crippen MR) is 140 cm³/mol. The number of carbonyl (C=O) groups excluding carboxylic acids is 2. The van der Waals surface area contributed by atoms with E-state index in [1.54, 1.807) is 38.1 Å². The van der Waals surface area contributed by atoms with Crippen LogP contribution in [-0.2, 0) is 19.0 Å². The van der Waals surface area contributed by atoms with Crippen molar-refractivity contribution in [3.8, 4) is 0 Å². The standard InChI is InChI=1S/C31H35NO7/c1-15-13-30-16(2)11-20-22(28(20,3)4)19(24(30)33)12-17-14-36-29(5,6)38-26(17)31(30,35)25(15)37-27(34)23-18-9-7-8-10-21(18)39-32-23/h7-10,12-13,16,19-20,22,25-26,35H,11,14H2,1-6H3/t16?,19-,20+,22-,25-,26+,30?,31+/m0/s1. The second-order valence-electron chi connectivity index (χ2n) is 13.3. The Labute approximate surface area is 227 Å². The molecule has 1 aliphatic heterocycles. The molecule has 1 spiro atoms. The smallest absolute Gasteiger partial charge is 0.361 e. The molecule has 2 heterocycles. The molecule has 8 nitrogen and oxygen atoms in total. The van der Waals surface area contributed by atoms with Crippen molar-refractivity contribution in [1.29, 1.82) is 0 Å². The van der Waals surface area contributed by atoms with Gasteiger partial charge in [0.15, 0.2) is 34.6 Å². The maximum atomic E-state index is 14.8. The van der Waals surface area contributed by atoms with Gasteiger partial charge in [-0.3, -0.25) is 4.79 Å². The zero-order valence-electron chi connectivity index (χ0n) is 23.2. The summed E-state index contributed by atoms with van der Waals surface area (Å²) in [5, 5.41) is 17.6. The number of hydrogen-bond donors (Lipinski definition) is 1. The Morgan fingerprint density at radius 3 is 2.69 bits per heavy atom. The quantitative estimate of drug-likeness (QED) is 0.440. The normalized spacial score (nSPS) is 41.4. The third-order valence-electron chi connectivity index (χ3n) is 10.5. The van der Waals surface area contributed by atoms with E-state index < -0.39 is 35.0 Å². The number of hydrogen-bond acceptors (Lipinski definition) is 8. The summed E-state index contributed by atoms with van der Waals surface area (Å²) in [4.78, 5) is 28.4. The average Bonchev–Trinajstić information content (AvgIpc) is 3.16. The monoisotopic (exact) mass is 533 g/mol. The predicted octanol–water partition coefficient (Wildman–Crippen LogP) is 4.62. The van der Waals surface area contributed by atoms with Crippen molar-refractivity contribution < 1.29 is 33.4 Å². The number of para-hydroxylation sites is 1. The first-order chi connectivity index (χ1) is 18.3. The van der Waals surface area contributed by atoms with Crippen molar-refractivity contribution in [2.24, 2.45) is 34.5 Å².